The number of rotatable bonds is 5. The smallest absolute Gasteiger partial charge is 0.332 e. The van der Waals surface area contributed by atoms with Gasteiger partial charge >= 0.3 is 18.4 Å². The molecule has 0 radical (unpaired) electrons. The van der Waals surface area contributed by atoms with Crippen LogP contribution in [0.4, 0.5) is 14.5 Å². The third-order valence-electron chi connectivity index (χ3n) is 5.11. The van der Waals surface area contributed by atoms with E-state index in [1.165, 1.54) is 18.1 Å². The van der Waals surface area contributed by atoms with Gasteiger partial charge in [0.1, 0.15) is 6.61 Å². The second kappa shape index (κ2) is 7.30. The van der Waals surface area contributed by atoms with Crippen molar-refractivity contribution >= 4 is 17.6 Å². The SMILES string of the molecule is CCC1(CC)C(=O)OC(N2c3ccc(F)c(F)c3OCC2COC)OC1=O. The van der Waals surface area contributed by atoms with Crippen molar-refractivity contribution in [2.24, 2.45) is 5.41 Å². The number of benzene rings is 1. The maximum atomic E-state index is 14.1. The fourth-order valence-electron chi connectivity index (χ4n) is 3.38. The van der Waals surface area contributed by atoms with Crippen molar-refractivity contribution in [3.63, 3.8) is 0 Å². The molecule has 0 N–H and O–H groups in total. The minimum atomic E-state index is -1.43. The summed E-state index contributed by atoms with van der Waals surface area (Å²) in [6, 6.07) is 1.65. The molecular weight excluding hydrogens is 364 g/mol. The molecule has 0 amide bonds. The van der Waals surface area contributed by atoms with Crippen LogP contribution in [0.25, 0.3) is 0 Å². The number of fused-ring (bicyclic) bond motifs is 1. The first-order chi connectivity index (χ1) is 12.9. The van der Waals surface area contributed by atoms with E-state index in [9.17, 15) is 18.4 Å². The number of halogens is 2. The molecule has 0 aromatic heterocycles. The quantitative estimate of drug-likeness (QED) is 0.569. The average Bonchev–Trinajstić information content (AvgIpc) is 2.65. The molecule has 148 valence electrons. The second-order valence-electron chi connectivity index (χ2n) is 6.44. The molecule has 1 atom stereocenters. The highest BCUT2D eigenvalue weighted by atomic mass is 19.2. The van der Waals surface area contributed by atoms with E-state index >= 15 is 0 Å². The van der Waals surface area contributed by atoms with Gasteiger partial charge in [-0.05, 0) is 25.0 Å². The van der Waals surface area contributed by atoms with E-state index < -0.39 is 41.4 Å². The predicted octanol–water partition coefficient (Wildman–Crippen LogP) is 2.37. The van der Waals surface area contributed by atoms with E-state index in [4.69, 9.17) is 18.9 Å². The van der Waals surface area contributed by atoms with Crippen LogP contribution < -0.4 is 9.64 Å². The van der Waals surface area contributed by atoms with Crippen LogP contribution in [0.1, 0.15) is 26.7 Å². The van der Waals surface area contributed by atoms with E-state index in [1.807, 2.05) is 0 Å². The van der Waals surface area contributed by atoms with E-state index in [-0.39, 0.29) is 37.5 Å². The molecule has 1 fully saturated rings. The molecular formula is C18H21F2NO6. The summed E-state index contributed by atoms with van der Waals surface area (Å²) in [6.45, 7) is 3.45. The van der Waals surface area contributed by atoms with Gasteiger partial charge in [0.05, 0.1) is 18.3 Å². The van der Waals surface area contributed by atoms with Gasteiger partial charge in [-0.25, -0.2) is 4.39 Å². The predicted molar refractivity (Wildman–Crippen MR) is 89.0 cm³/mol. The molecule has 2 aliphatic rings. The second-order valence-corrected chi connectivity index (χ2v) is 6.44. The van der Waals surface area contributed by atoms with Crippen LogP contribution in [0.3, 0.4) is 0 Å². The summed E-state index contributed by atoms with van der Waals surface area (Å²) in [6.07, 6.45) is -0.965. The third kappa shape index (κ3) is 2.99. The first kappa shape index (κ1) is 19.3. The van der Waals surface area contributed by atoms with E-state index in [1.54, 1.807) is 13.8 Å². The molecule has 0 bridgehead atoms. The molecule has 1 aromatic carbocycles. The summed E-state index contributed by atoms with van der Waals surface area (Å²) in [5.41, 5.74) is -1.26. The Balaban J connectivity index is 2.00. The number of nitrogens with zero attached hydrogens (tertiary/aromatic N) is 1. The first-order valence-electron chi connectivity index (χ1n) is 8.69. The molecule has 1 saturated heterocycles. The number of anilines is 1. The Kier molecular flexibility index (Phi) is 5.23. The molecule has 3 rings (SSSR count). The molecule has 1 aromatic rings. The Morgan fingerprint density at radius 3 is 2.37 bits per heavy atom. The largest absolute Gasteiger partial charge is 0.486 e. The Morgan fingerprint density at radius 2 is 1.81 bits per heavy atom. The molecule has 0 aliphatic carbocycles. The van der Waals surface area contributed by atoms with Gasteiger partial charge in [-0.2, -0.15) is 4.39 Å². The van der Waals surface area contributed by atoms with Crippen LogP contribution in [-0.2, 0) is 23.8 Å². The van der Waals surface area contributed by atoms with Gasteiger partial charge in [0.15, 0.2) is 17.0 Å². The molecule has 9 heteroatoms. The van der Waals surface area contributed by atoms with Crippen LogP contribution in [-0.4, -0.2) is 44.7 Å². The summed E-state index contributed by atoms with van der Waals surface area (Å²) < 4.78 is 49.0. The van der Waals surface area contributed by atoms with Crippen LogP contribution >= 0.6 is 0 Å². The lowest BCUT2D eigenvalue weighted by Crippen LogP contribution is -2.60. The van der Waals surface area contributed by atoms with Gasteiger partial charge in [0.25, 0.3) is 0 Å². The highest BCUT2D eigenvalue weighted by molar-refractivity contribution is 6.01. The molecule has 1 unspecified atom stereocenters. The summed E-state index contributed by atoms with van der Waals surface area (Å²) in [7, 11) is 1.46. The number of esters is 2. The number of methoxy groups -OCH3 is 1. The highest BCUT2D eigenvalue weighted by Crippen LogP contribution is 2.42. The monoisotopic (exact) mass is 385 g/mol. The molecule has 7 nitrogen and oxygen atoms in total. The first-order valence-corrected chi connectivity index (χ1v) is 8.69. The van der Waals surface area contributed by atoms with Crippen LogP contribution in [0.5, 0.6) is 5.75 Å². The normalized spacial score (nSPS) is 22.0. The number of ether oxygens (including phenoxy) is 4. The molecule has 0 spiro atoms. The maximum absolute atomic E-state index is 14.1. The average molecular weight is 385 g/mol. The van der Waals surface area contributed by atoms with Gasteiger partial charge in [-0.3, -0.25) is 14.5 Å². The summed E-state index contributed by atoms with van der Waals surface area (Å²) >= 11 is 0. The van der Waals surface area contributed by atoms with Crippen molar-refractivity contribution in [2.45, 2.75) is 39.1 Å². The van der Waals surface area contributed by atoms with E-state index in [0.29, 0.717) is 0 Å². The summed E-state index contributed by atoms with van der Waals surface area (Å²) in [5.74, 6) is -4.00. The van der Waals surface area contributed by atoms with Gasteiger partial charge in [-0.15, -0.1) is 0 Å². The van der Waals surface area contributed by atoms with Crippen LogP contribution in [0, 0.1) is 17.0 Å². The topological polar surface area (TPSA) is 74.3 Å². The number of carbonyl (C=O) groups is 2. The maximum Gasteiger partial charge on any atom is 0.332 e. The molecule has 2 heterocycles. The van der Waals surface area contributed by atoms with Crippen molar-refractivity contribution in [1.29, 1.82) is 0 Å². The van der Waals surface area contributed by atoms with Crippen LogP contribution in [0.2, 0.25) is 0 Å². The number of hydrogen-bond acceptors (Lipinski definition) is 7. The zero-order valence-corrected chi connectivity index (χ0v) is 15.3. The Hall–Kier alpha value is -2.42. The van der Waals surface area contributed by atoms with Crippen molar-refractivity contribution in [1.82, 2.24) is 0 Å². The molecule has 27 heavy (non-hydrogen) atoms. The summed E-state index contributed by atoms with van der Waals surface area (Å²) in [4.78, 5) is 26.6. The minimum absolute atomic E-state index is 0.0699. The van der Waals surface area contributed by atoms with Crippen molar-refractivity contribution in [2.75, 3.05) is 25.2 Å². The number of cyclic esters (lactones) is 2. The zero-order valence-electron chi connectivity index (χ0n) is 15.3. The van der Waals surface area contributed by atoms with Crippen molar-refractivity contribution in [3.05, 3.63) is 23.8 Å². The molecule has 2 aliphatic heterocycles. The zero-order chi connectivity index (χ0) is 19.8. The van der Waals surface area contributed by atoms with Crippen molar-refractivity contribution in [3.8, 4) is 5.75 Å². The Bertz CT molecular complexity index is 732. The lowest BCUT2D eigenvalue weighted by Gasteiger charge is -2.45. The lowest BCUT2D eigenvalue weighted by molar-refractivity contribution is -0.226. The van der Waals surface area contributed by atoms with Gasteiger partial charge in [0, 0.05) is 7.11 Å². The number of carbonyl (C=O) groups excluding carboxylic acids is 2. The highest BCUT2D eigenvalue weighted by Gasteiger charge is 2.54. The Morgan fingerprint density at radius 1 is 1.19 bits per heavy atom. The Labute approximate surface area is 155 Å². The van der Waals surface area contributed by atoms with E-state index in [0.717, 1.165) is 6.07 Å². The van der Waals surface area contributed by atoms with Crippen molar-refractivity contribution < 1.29 is 37.3 Å². The van der Waals surface area contributed by atoms with Gasteiger partial charge in [-0.1, -0.05) is 13.8 Å². The standard InChI is InChI=1S/C18H21F2NO6/c1-4-18(5-2)15(22)26-17(27-16(18)23)21-10(8-24-3)9-25-14-12(21)7-6-11(19)13(14)20/h6-7,10,17H,4-5,8-9H2,1-3H3. The van der Waals surface area contributed by atoms with Gasteiger partial charge in [0.2, 0.25) is 5.82 Å². The fourth-order valence-corrected chi connectivity index (χ4v) is 3.38. The fraction of sp³-hybridized carbons (Fsp3) is 0.556. The summed E-state index contributed by atoms with van der Waals surface area (Å²) in [5, 5.41) is 0. The third-order valence-corrected chi connectivity index (χ3v) is 5.11. The number of hydrogen-bond donors (Lipinski definition) is 0. The molecule has 0 saturated carbocycles. The van der Waals surface area contributed by atoms with Crippen LogP contribution in [0.15, 0.2) is 12.1 Å². The lowest BCUT2D eigenvalue weighted by atomic mass is 9.82. The van der Waals surface area contributed by atoms with E-state index in [2.05, 4.69) is 0 Å². The van der Waals surface area contributed by atoms with Gasteiger partial charge < -0.3 is 18.9 Å². The minimum Gasteiger partial charge on any atom is -0.486 e.